The number of carbonyl (C=O) groups is 2. The Morgan fingerprint density at radius 1 is 1.25 bits per heavy atom. The fraction of sp³-hybridized carbons (Fsp3) is 0.353. The van der Waals surface area contributed by atoms with Crippen molar-refractivity contribution >= 4 is 28.3 Å². The molecule has 2 rings (SSSR count). The van der Waals surface area contributed by atoms with Gasteiger partial charge in [-0.1, -0.05) is 41.7 Å². The molecule has 0 spiro atoms. The van der Waals surface area contributed by atoms with Crippen molar-refractivity contribution in [3.63, 3.8) is 0 Å². The van der Waals surface area contributed by atoms with Crippen LogP contribution < -0.4 is 5.32 Å². The minimum absolute atomic E-state index is 0.132. The van der Waals surface area contributed by atoms with Crippen LogP contribution in [0.5, 0.6) is 0 Å². The third kappa shape index (κ3) is 4.87. The Labute approximate surface area is 145 Å². The van der Waals surface area contributed by atoms with Crippen molar-refractivity contribution in [2.24, 2.45) is 0 Å². The number of benzene rings is 1. The first-order valence-electron chi connectivity index (χ1n) is 7.69. The standard InChI is InChI=1S/C17H21N3O3S/c1-4-23-16(22)15-14(12-8-6-5-7-9-12)19-17(24-15)18-13(21)10-11-20(2)3/h5-9H,4,10-11H2,1-3H3,(H,18,19,21). The van der Waals surface area contributed by atoms with Gasteiger partial charge in [-0.05, 0) is 21.0 Å². The molecule has 0 aliphatic carbocycles. The summed E-state index contributed by atoms with van der Waals surface area (Å²) in [5, 5.41) is 3.16. The third-order valence-corrected chi connectivity index (χ3v) is 4.12. The summed E-state index contributed by atoms with van der Waals surface area (Å²) in [5.74, 6) is -0.560. The summed E-state index contributed by atoms with van der Waals surface area (Å²) in [4.78, 5) is 30.9. The number of nitrogens with zero attached hydrogens (tertiary/aromatic N) is 2. The number of ether oxygens (including phenoxy) is 1. The lowest BCUT2D eigenvalue weighted by Gasteiger charge is -2.08. The van der Waals surface area contributed by atoms with E-state index in [1.807, 2.05) is 49.3 Å². The van der Waals surface area contributed by atoms with Crippen LogP contribution in [0.1, 0.15) is 23.0 Å². The summed E-state index contributed by atoms with van der Waals surface area (Å²) in [6.45, 7) is 2.69. The molecule has 7 heteroatoms. The number of rotatable bonds is 7. The van der Waals surface area contributed by atoms with Crippen molar-refractivity contribution in [3.8, 4) is 11.3 Å². The highest BCUT2D eigenvalue weighted by molar-refractivity contribution is 7.18. The number of thiazole rings is 1. The highest BCUT2D eigenvalue weighted by Gasteiger charge is 2.21. The first-order valence-corrected chi connectivity index (χ1v) is 8.51. The van der Waals surface area contributed by atoms with Gasteiger partial charge in [0, 0.05) is 18.5 Å². The SMILES string of the molecule is CCOC(=O)c1sc(NC(=O)CCN(C)C)nc1-c1ccccc1. The van der Waals surface area contributed by atoms with Crippen LogP contribution in [-0.4, -0.2) is 49.0 Å². The molecule has 1 N–H and O–H groups in total. The molecule has 1 amide bonds. The van der Waals surface area contributed by atoms with Gasteiger partial charge in [-0.25, -0.2) is 9.78 Å². The van der Waals surface area contributed by atoms with Gasteiger partial charge in [-0.3, -0.25) is 4.79 Å². The lowest BCUT2D eigenvalue weighted by atomic mass is 10.1. The van der Waals surface area contributed by atoms with Crippen LogP contribution in [-0.2, 0) is 9.53 Å². The van der Waals surface area contributed by atoms with Gasteiger partial charge in [0.25, 0.3) is 0 Å². The molecule has 1 heterocycles. The quantitative estimate of drug-likeness (QED) is 0.780. The highest BCUT2D eigenvalue weighted by atomic mass is 32.1. The summed E-state index contributed by atoms with van der Waals surface area (Å²) in [5.41, 5.74) is 1.34. The minimum atomic E-state index is -0.428. The van der Waals surface area contributed by atoms with E-state index in [0.717, 1.165) is 16.9 Å². The fourth-order valence-electron chi connectivity index (χ4n) is 2.01. The molecule has 0 saturated carbocycles. The molecule has 0 atom stereocenters. The van der Waals surface area contributed by atoms with Gasteiger partial charge in [0.15, 0.2) is 5.13 Å². The van der Waals surface area contributed by atoms with Gasteiger partial charge in [0.2, 0.25) is 5.91 Å². The maximum absolute atomic E-state index is 12.2. The van der Waals surface area contributed by atoms with Crippen LogP contribution in [0.3, 0.4) is 0 Å². The molecular formula is C17H21N3O3S. The van der Waals surface area contributed by atoms with E-state index >= 15 is 0 Å². The highest BCUT2D eigenvalue weighted by Crippen LogP contribution is 2.31. The molecule has 0 aliphatic rings. The average Bonchev–Trinajstić information content (AvgIpc) is 2.98. The number of hydrogen-bond donors (Lipinski definition) is 1. The predicted octanol–water partition coefficient (Wildman–Crippen LogP) is 2.88. The Morgan fingerprint density at radius 3 is 2.58 bits per heavy atom. The zero-order chi connectivity index (χ0) is 17.5. The van der Waals surface area contributed by atoms with E-state index in [1.165, 1.54) is 0 Å². The number of anilines is 1. The number of carbonyl (C=O) groups excluding carboxylic acids is 2. The van der Waals surface area contributed by atoms with Crippen molar-refractivity contribution < 1.29 is 14.3 Å². The maximum atomic E-state index is 12.2. The second-order valence-electron chi connectivity index (χ2n) is 5.38. The van der Waals surface area contributed by atoms with Crippen LogP contribution in [0.4, 0.5) is 5.13 Å². The smallest absolute Gasteiger partial charge is 0.350 e. The summed E-state index contributed by atoms with van der Waals surface area (Å²) in [7, 11) is 3.81. The van der Waals surface area contributed by atoms with Crippen LogP contribution >= 0.6 is 11.3 Å². The molecular weight excluding hydrogens is 326 g/mol. The second-order valence-corrected chi connectivity index (χ2v) is 6.38. The van der Waals surface area contributed by atoms with Gasteiger partial charge >= 0.3 is 5.97 Å². The van der Waals surface area contributed by atoms with E-state index in [1.54, 1.807) is 6.92 Å². The molecule has 0 aliphatic heterocycles. The normalized spacial score (nSPS) is 10.7. The van der Waals surface area contributed by atoms with Gasteiger partial charge in [-0.2, -0.15) is 0 Å². The molecule has 1 aromatic carbocycles. The molecule has 0 radical (unpaired) electrons. The molecule has 2 aromatic rings. The summed E-state index contributed by atoms with van der Waals surface area (Å²) >= 11 is 1.13. The van der Waals surface area contributed by atoms with Crippen molar-refractivity contribution in [2.45, 2.75) is 13.3 Å². The molecule has 128 valence electrons. The fourth-order valence-corrected chi connectivity index (χ4v) is 2.90. The van der Waals surface area contributed by atoms with Crippen LogP contribution in [0, 0.1) is 0 Å². The Balaban J connectivity index is 2.24. The first-order chi connectivity index (χ1) is 11.5. The van der Waals surface area contributed by atoms with Crippen LogP contribution in [0.25, 0.3) is 11.3 Å². The number of amides is 1. The van der Waals surface area contributed by atoms with Crippen LogP contribution in [0.2, 0.25) is 0 Å². The van der Waals surface area contributed by atoms with E-state index in [4.69, 9.17) is 4.74 Å². The van der Waals surface area contributed by atoms with Gasteiger partial charge in [-0.15, -0.1) is 0 Å². The Kier molecular flexibility index (Phi) is 6.45. The van der Waals surface area contributed by atoms with Crippen molar-refractivity contribution in [1.29, 1.82) is 0 Å². The van der Waals surface area contributed by atoms with Crippen molar-refractivity contribution in [3.05, 3.63) is 35.2 Å². The lowest BCUT2D eigenvalue weighted by molar-refractivity contribution is -0.116. The number of aromatic nitrogens is 1. The zero-order valence-electron chi connectivity index (χ0n) is 14.0. The summed E-state index contributed by atoms with van der Waals surface area (Å²) in [6, 6.07) is 9.38. The van der Waals surface area contributed by atoms with Gasteiger partial charge in [0.05, 0.1) is 12.3 Å². The molecule has 0 saturated heterocycles. The van der Waals surface area contributed by atoms with E-state index in [0.29, 0.717) is 28.7 Å². The van der Waals surface area contributed by atoms with E-state index in [2.05, 4.69) is 10.3 Å². The third-order valence-electron chi connectivity index (χ3n) is 3.17. The minimum Gasteiger partial charge on any atom is -0.462 e. The van der Waals surface area contributed by atoms with Crippen molar-refractivity contribution in [1.82, 2.24) is 9.88 Å². The molecule has 1 aromatic heterocycles. The molecule has 6 nitrogen and oxygen atoms in total. The monoisotopic (exact) mass is 347 g/mol. The van der Waals surface area contributed by atoms with E-state index in [9.17, 15) is 9.59 Å². The zero-order valence-corrected chi connectivity index (χ0v) is 14.9. The molecule has 0 fully saturated rings. The predicted molar refractivity (Wildman–Crippen MR) is 95.3 cm³/mol. The average molecular weight is 347 g/mol. The number of esters is 1. The van der Waals surface area contributed by atoms with Gasteiger partial charge in [0.1, 0.15) is 4.88 Å². The molecule has 0 unspecified atom stereocenters. The Morgan fingerprint density at radius 2 is 1.96 bits per heavy atom. The number of hydrogen-bond acceptors (Lipinski definition) is 6. The summed E-state index contributed by atoms with van der Waals surface area (Å²) in [6.07, 6.45) is 0.363. The second kappa shape index (κ2) is 8.56. The Bertz CT molecular complexity index is 698. The molecule has 0 bridgehead atoms. The lowest BCUT2D eigenvalue weighted by Crippen LogP contribution is -2.20. The van der Waals surface area contributed by atoms with E-state index < -0.39 is 5.97 Å². The number of nitrogens with one attached hydrogen (secondary N) is 1. The van der Waals surface area contributed by atoms with Crippen LogP contribution in [0.15, 0.2) is 30.3 Å². The molecule has 24 heavy (non-hydrogen) atoms. The largest absolute Gasteiger partial charge is 0.462 e. The maximum Gasteiger partial charge on any atom is 0.350 e. The summed E-state index contributed by atoms with van der Waals surface area (Å²) < 4.78 is 5.10. The topological polar surface area (TPSA) is 71.5 Å². The van der Waals surface area contributed by atoms with Crippen molar-refractivity contribution in [2.75, 3.05) is 32.6 Å². The Hall–Kier alpha value is -2.25. The van der Waals surface area contributed by atoms with Gasteiger partial charge < -0.3 is 15.0 Å². The van der Waals surface area contributed by atoms with E-state index in [-0.39, 0.29) is 12.5 Å². The first kappa shape index (κ1) is 18.1.